The van der Waals surface area contributed by atoms with Gasteiger partial charge in [0.05, 0.1) is 10.4 Å². The van der Waals surface area contributed by atoms with Crippen molar-refractivity contribution in [2.45, 2.75) is 31.8 Å². The van der Waals surface area contributed by atoms with Gasteiger partial charge in [-0.05, 0) is 44.8 Å². The number of carbonyl (C=O) groups excluding carboxylic acids is 1. The van der Waals surface area contributed by atoms with Gasteiger partial charge in [0.25, 0.3) is 5.91 Å². The summed E-state index contributed by atoms with van der Waals surface area (Å²) in [7, 11) is 4.05. The molecule has 3 fully saturated rings. The number of hydrogen-bond acceptors (Lipinski definition) is 5. The normalized spacial score (nSPS) is 29.0. The van der Waals surface area contributed by atoms with Gasteiger partial charge in [0, 0.05) is 43.1 Å². The number of aromatic nitrogens is 1. The molecule has 2 aromatic heterocycles. The van der Waals surface area contributed by atoms with Gasteiger partial charge in [-0.15, -0.1) is 11.3 Å². The van der Waals surface area contributed by atoms with Crippen LogP contribution >= 0.6 is 11.3 Å². The van der Waals surface area contributed by atoms with Crippen LogP contribution in [0.15, 0.2) is 17.6 Å². The summed E-state index contributed by atoms with van der Waals surface area (Å²) in [5, 5.41) is 6.49. The van der Waals surface area contributed by atoms with E-state index in [1.807, 2.05) is 26.4 Å². The Bertz CT molecular complexity index is 761. The molecule has 2 bridgehead atoms. The molecule has 0 spiro atoms. The van der Waals surface area contributed by atoms with Crippen molar-refractivity contribution in [3.8, 4) is 0 Å². The summed E-state index contributed by atoms with van der Waals surface area (Å²) < 4.78 is 1.12. The van der Waals surface area contributed by atoms with Gasteiger partial charge in [-0.3, -0.25) is 9.69 Å². The molecule has 0 radical (unpaired) electrons. The molecule has 3 aliphatic rings. The summed E-state index contributed by atoms with van der Waals surface area (Å²) in [6, 6.07) is 2.60. The number of thiophene rings is 1. The number of nitrogens with one attached hydrogen (secondary N) is 1. The van der Waals surface area contributed by atoms with Crippen molar-refractivity contribution in [2.75, 3.05) is 32.1 Å². The minimum absolute atomic E-state index is 0.0431. The summed E-state index contributed by atoms with van der Waals surface area (Å²) in [4.78, 5) is 21.7. The highest BCUT2D eigenvalue weighted by Crippen LogP contribution is 2.33. The molecule has 5 heterocycles. The minimum Gasteiger partial charge on any atom is -0.376 e. The Morgan fingerprint density at radius 1 is 1.38 bits per heavy atom. The number of nitrogens with zero attached hydrogens (tertiary/aromatic N) is 3. The first-order valence-corrected chi connectivity index (χ1v) is 9.52. The van der Waals surface area contributed by atoms with Gasteiger partial charge in [0.2, 0.25) is 0 Å². The molecule has 3 aliphatic heterocycles. The maximum atomic E-state index is 12.8. The van der Waals surface area contributed by atoms with Gasteiger partial charge in [-0.25, -0.2) is 4.98 Å². The Morgan fingerprint density at radius 3 is 2.79 bits per heavy atom. The van der Waals surface area contributed by atoms with Crippen LogP contribution in [0.2, 0.25) is 0 Å². The van der Waals surface area contributed by atoms with E-state index >= 15 is 0 Å². The molecule has 3 saturated heterocycles. The summed E-state index contributed by atoms with van der Waals surface area (Å²) in [5.74, 6) is 0.564. The Kier molecular flexibility index (Phi) is 3.96. The molecule has 1 amide bonds. The fourth-order valence-corrected chi connectivity index (χ4v) is 5.14. The van der Waals surface area contributed by atoms with E-state index in [0.29, 0.717) is 17.7 Å². The average molecular weight is 344 g/mol. The van der Waals surface area contributed by atoms with E-state index in [0.717, 1.165) is 15.8 Å². The molecule has 1 N–H and O–H groups in total. The second-order valence-corrected chi connectivity index (χ2v) is 8.11. The van der Waals surface area contributed by atoms with Gasteiger partial charge < -0.3 is 10.2 Å². The lowest BCUT2D eigenvalue weighted by molar-refractivity contribution is 0.0216. The van der Waals surface area contributed by atoms with Crippen molar-refractivity contribution in [2.24, 2.45) is 5.92 Å². The zero-order valence-corrected chi connectivity index (χ0v) is 15.3. The Morgan fingerprint density at radius 2 is 2.12 bits per heavy atom. The first-order chi connectivity index (χ1) is 11.5. The topological polar surface area (TPSA) is 48.5 Å². The number of hydrogen-bond donors (Lipinski definition) is 1. The number of rotatable bonds is 3. The highest BCUT2D eigenvalue weighted by atomic mass is 32.1. The van der Waals surface area contributed by atoms with Crippen LogP contribution in [0.3, 0.4) is 0 Å². The third kappa shape index (κ3) is 2.58. The maximum absolute atomic E-state index is 12.8. The third-order valence-electron chi connectivity index (χ3n) is 5.63. The molecule has 5 nitrogen and oxygen atoms in total. The van der Waals surface area contributed by atoms with Crippen molar-refractivity contribution < 1.29 is 4.79 Å². The standard InChI is InChI=1S/C18H24N4OS/c1-11-17(12-4-6-22(11)7-5-12)20-18(23)14-8-13-15(21(2)3)10-24-16(13)9-19-14/h8-12,17H,4-7H2,1-3H3,(H,20,23)/t11-,17-/m0/s1. The van der Waals surface area contributed by atoms with Crippen LogP contribution in [0.1, 0.15) is 30.3 Å². The summed E-state index contributed by atoms with van der Waals surface area (Å²) in [6.07, 6.45) is 4.20. The van der Waals surface area contributed by atoms with Crippen LogP contribution in [0.25, 0.3) is 10.1 Å². The van der Waals surface area contributed by atoms with Gasteiger partial charge in [-0.1, -0.05) is 0 Å². The molecular formula is C18H24N4OS. The average Bonchev–Trinajstić information content (AvgIpc) is 3.01. The van der Waals surface area contributed by atoms with Crippen LogP contribution in [-0.2, 0) is 0 Å². The zero-order valence-electron chi connectivity index (χ0n) is 14.5. The van der Waals surface area contributed by atoms with E-state index < -0.39 is 0 Å². The lowest BCUT2D eigenvalue weighted by Crippen LogP contribution is -2.62. The highest BCUT2D eigenvalue weighted by molar-refractivity contribution is 7.17. The van der Waals surface area contributed by atoms with Gasteiger partial charge in [0.1, 0.15) is 5.69 Å². The van der Waals surface area contributed by atoms with Gasteiger partial charge in [0.15, 0.2) is 0 Å². The predicted octanol–water partition coefficient (Wildman–Crippen LogP) is 2.57. The summed E-state index contributed by atoms with van der Waals surface area (Å²) in [6.45, 7) is 4.57. The van der Waals surface area contributed by atoms with E-state index in [1.54, 1.807) is 11.3 Å². The smallest absolute Gasteiger partial charge is 0.270 e. The van der Waals surface area contributed by atoms with Crippen LogP contribution in [0.5, 0.6) is 0 Å². The lowest BCUT2D eigenvalue weighted by atomic mass is 9.79. The van der Waals surface area contributed by atoms with Crippen molar-refractivity contribution in [1.29, 1.82) is 0 Å². The number of pyridine rings is 1. The third-order valence-corrected chi connectivity index (χ3v) is 6.55. The van der Waals surface area contributed by atoms with Crippen LogP contribution in [0.4, 0.5) is 5.69 Å². The van der Waals surface area contributed by atoms with E-state index in [9.17, 15) is 4.79 Å². The summed E-state index contributed by atoms with van der Waals surface area (Å²) in [5.41, 5.74) is 1.66. The number of fused-ring (bicyclic) bond motifs is 4. The van der Waals surface area contributed by atoms with E-state index in [4.69, 9.17) is 0 Å². The molecule has 128 valence electrons. The molecule has 0 saturated carbocycles. The fourth-order valence-electron chi connectivity index (χ4n) is 4.16. The van der Waals surface area contributed by atoms with E-state index in [1.165, 1.54) is 25.9 Å². The molecule has 0 aliphatic carbocycles. The molecule has 0 unspecified atom stereocenters. The van der Waals surface area contributed by atoms with Crippen LogP contribution < -0.4 is 10.2 Å². The number of piperidine rings is 3. The van der Waals surface area contributed by atoms with Gasteiger partial charge >= 0.3 is 0 Å². The number of amides is 1. The molecule has 2 atom stereocenters. The molecule has 2 aromatic rings. The Hall–Kier alpha value is -1.66. The largest absolute Gasteiger partial charge is 0.376 e. The monoisotopic (exact) mass is 344 g/mol. The number of anilines is 1. The van der Waals surface area contributed by atoms with Crippen LogP contribution in [-0.4, -0.2) is 55.1 Å². The zero-order chi connectivity index (χ0) is 16.8. The molecule has 0 aromatic carbocycles. The lowest BCUT2D eigenvalue weighted by Gasteiger charge is -2.49. The maximum Gasteiger partial charge on any atom is 0.270 e. The first kappa shape index (κ1) is 15.8. The van der Waals surface area contributed by atoms with Crippen molar-refractivity contribution in [3.05, 3.63) is 23.3 Å². The van der Waals surface area contributed by atoms with Crippen LogP contribution in [0, 0.1) is 5.92 Å². The SMILES string of the molecule is C[C@H]1[C@H](NC(=O)c2cc3c(N(C)C)csc3cn2)C2CCN1CC2. The minimum atomic E-state index is -0.0431. The molecule has 5 rings (SSSR count). The van der Waals surface area contributed by atoms with Gasteiger partial charge in [-0.2, -0.15) is 0 Å². The molecular weight excluding hydrogens is 320 g/mol. The molecule has 6 heteroatoms. The molecule has 24 heavy (non-hydrogen) atoms. The van der Waals surface area contributed by atoms with Crippen molar-refractivity contribution in [1.82, 2.24) is 15.2 Å². The van der Waals surface area contributed by atoms with E-state index in [2.05, 4.69) is 32.4 Å². The van der Waals surface area contributed by atoms with E-state index in [-0.39, 0.29) is 11.9 Å². The summed E-state index contributed by atoms with van der Waals surface area (Å²) >= 11 is 1.67. The second-order valence-electron chi connectivity index (χ2n) is 7.19. The Balaban J connectivity index is 1.58. The number of carbonyl (C=O) groups is 1. The highest BCUT2D eigenvalue weighted by Gasteiger charge is 2.40. The predicted molar refractivity (Wildman–Crippen MR) is 99.0 cm³/mol. The Labute approximate surface area is 146 Å². The fraction of sp³-hybridized carbons (Fsp3) is 0.556. The van der Waals surface area contributed by atoms with Crippen molar-refractivity contribution >= 4 is 33.0 Å². The second kappa shape index (κ2) is 6.01. The quantitative estimate of drug-likeness (QED) is 0.930. The van der Waals surface area contributed by atoms with Crippen molar-refractivity contribution in [3.63, 3.8) is 0 Å². The first-order valence-electron chi connectivity index (χ1n) is 8.64.